The fourth-order valence-electron chi connectivity index (χ4n) is 2.80. The highest BCUT2D eigenvalue weighted by atomic mass is 79.9. The van der Waals surface area contributed by atoms with Crippen LogP contribution in [-0.2, 0) is 16.0 Å². The fraction of sp³-hybridized carbons (Fsp3) is 0.125. The zero-order valence-corrected chi connectivity index (χ0v) is 19.6. The van der Waals surface area contributed by atoms with Crippen LogP contribution in [0.4, 0.5) is 14.5 Å². The molecule has 34 heavy (non-hydrogen) atoms. The number of halogens is 3. The summed E-state index contributed by atoms with van der Waals surface area (Å²) in [7, 11) is 1.44. The summed E-state index contributed by atoms with van der Waals surface area (Å²) in [6.45, 7) is -0.299. The van der Waals surface area contributed by atoms with E-state index in [1.165, 1.54) is 61.9 Å². The van der Waals surface area contributed by atoms with Gasteiger partial charge in [-0.25, -0.2) is 14.2 Å². The second kappa shape index (κ2) is 11.9. The summed E-state index contributed by atoms with van der Waals surface area (Å²) >= 11 is 3.39. The lowest BCUT2D eigenvalue weighted by Crippen LogP contribution is -2.20. The lowest BCUT2D eigenvalue weighted by Gasteiger charge is -2.13. The van der Waals surface area contributed by atoms with Gasteiger partial charge in [-0.1, -0.05) is 12.1 Å². The van der Waals surface area contributed by atoms with Crippen LogP contribution in [0.2, 0.25) is 0 Å². The Hall–Kier alpha value is -3.79. The van der Waals surface area contributed by atoms with Crippen molar-refractivity contribution in [1.29, 1.82) is 0 Å². The molecule has 0 saturated carbocycles. The molecule has 0 aromatic heterocycles. The predicted molar refractivity (Wildman–Crippen MR) is 127 cm³/mol. The van der Waals surface area contributed by atoms with E-state index in [1.54, 1.807) is 12.1 Å². The van der Waals surface area contributed by atoms with Crippen LogP contribution in [0.15, 0.2) is 70.2 Å². The second-order valence-corrected chi connectivity index (χ2v) is 7.82. The van der Waals surface area contributed by atoms with Gasteiger partial charge < -0.3 is 14.8 Å². The van der Waals surface area contributed by atoms with Crippen molar-refractivity contribution in [3.8, 4) is 11.5 Å². The maximum Gasteiger partial charge on any atom is 0.262 e. The Morgan fingerprint density at radius 1 is 0.971 bits per heavy atom. The number of carbonyl (C=O) groups excluding carboxylic acids is 2. The van der Waals surface area contributed by atoms with E-state index in [2.05, 4.69) is 31.8 Å². The Bertz CT molecular complexity index is 1190. The third kappa shape index (κ3) is 7.38. The van der Waals surface area contributed by atoms with E-state index in [1.807, 2.05) is 0 Å². The molecule has 10 heteroatoms. The van der Waals surface area contributed by atoms with Gasteiger partial charge in [0.2, 0.25) is 5.91 Å². The zero-order valence-electron chi connectivity index (χ0n) is 18.0. The number of anilines is 1. The van der Waals surface area contributed by atoms with Crippen molar-refractivity contribution in [2.75, 3.05) is 19.0 Å². The predicted octanol–water partition coefficient (Wildman–Crippen LogP) is 4.45. The Labute approximate surface area is 202 Å². The number of rotatable bonds is 9. The van der Waals surface area contributed by atoms with Crippen molar-refractivity contribution < 1.29 is 27.8 Å². The first-order valence-electron chi connectivity index (χ1n) is 9.96. The summed E-state index contributed by atoms with van der Waals surface area (Å²) in [6, 6.07) is 14.2. The average molecular weight is 532 g/mol. The van der Waals surface area contributed by atoms with Crippen molar-refractivity contribution in [2.24, 2.45) is 5.10 Å². The molecule has 0 unspecified atom stereocenters. The number of hydrogen-bond donors (Lipinski definition) is 2. The Morgan fingerprint density at radius 3 is 2.26 bits per heavy atom. The van der Waals surface area contributed by atoms with Gasteiger partial charge in [-0.15, -0.1) is 0 Å². The van der Waals surface area contributed by atoms with E-state index in [0.717, 1.165) is 0 Å². The summed E-state index contributed by atoms with van der Waals surface area (Å²) in [6.07, 6.45) is 1.47. The molecule has 0 spiro atoms. The topological polar surface area (TPSA) is 89.0 Å². The maximum absolute atomic E-state index is 13.0. The van der Waals surface area contributed by atoms with Crippen molar-refractivity contribution in [3.05, 3.63) is 87.9 Å². The van der Waals surface area contributed by atoms with E-state index in [-0.39, 0.29) is 24.8 Å². The van der Waals surface area contributed by atoms with Crippen LogP contribution >= 0.6 is 15.9 Å². The maximum atomic E-state index is 13.0. The van der Waals surface area contributed by atoms with Crippen LogP contribution < -0.4 is 20.2 Å². The van der Waals surface area contributed by atoms with Crippen LogP contribution in [0.25, 0.3) is 0 Å². The summed E-state index contributed by atoms with van der Waals surface area (Å²) in [5.41, 5.74) is 4.09. The first-order chi connectivity index (χ1) is 16.3. The second-order valence-electron chi connectivity index (χ2n) is 6.96. The molecule has 3 aromatic rings. The largest absolute Gasteiger partial charge is 0.493 e. The van der Waals surface area contributed by atoms with Crippen molar-refractivity contribution >= 4 is 39.6 Å². The highest BCUT2D eigenvalue weighted by molar-refractivity contribution is 9.10. The first kappa shape index (κ1) is 24.8. The molecule has 0 radical (unpaired) electrons. The van der Waals surface area contributed by atoms with E-state index < -0.39 is 11.7 Å². The van der Waals surface area contributed by atoms with E-state index in [4.69, 9.17) is 9.47 Å². The lowest BCUT2D eigenvalue weighted by molar-refractivity contribution is -0.120. The average Bonchev–Trinajstić information content (AvgIpc) is 2.82. The van der Waals surface area contributed by atoms with E-state index >= 15 is 0 Å². The summed E-state index contributed by atoms with van der Waals surface area (Å²) in [4.78, 5) is 24.1. The van der Waals surface area contributed by atoms with Gasteiger partial charge in [0.05, 0.1) is 19.7 Å². The van der Waals surface area contributed by atoms with Crippen molar-refractivity contribution in [1.82, 2.24) is 5.43 Å². The SMILES string of the molecule is COc1cc(/C=N/NC(=O)Cc2ccc(F)cc2)c(Br)cc1OCC(=O)Nc1ccc(F)cc1. The Balaban J connectivity index is 1.57. The molecule has 2 N–H and O–H groups in total. The number of hydrogen-bond acceptors (Lipinski definition) is 5. The summed E-state index contributed by atoms with van der Waals surface area (Å²) in [5, 5.41) is 6.53. The number of nitrogens with zero attached hydrogens (tertiary/aromatic N) is 1. The molecule has 176 valence electrons. The number of methoxy groups -OCH3 is 1. The summed E-state index contributed by atoms with van der Waals surface area (Å²) in [5.74, 6) is -0.919. The van der Waals surface area contributed by atoms with Gasteiger partial charge in [0, 0.05) is 15.7 Å². The van der Waals surface area contributed by atoms with Crippen LogP contribution in [-0.4, -0.2) is 31.7 Å². The smallest absolute Gasteiger partial charge is 0.262 e. The number of carbonyl (C=O) groups is 2. The van der Waals surface area contributed by atoms with Gasteiger partial charge in [0.25, 0.3) is 5.91 Å². The van der Waals surface area contributed by atoms with Gasteiger partial charge in [-0.2, -0.15) is 5.10 Å². The van der Waals surface area contributed by atoms with Crippen LogP contribution in [0, 0.1) is 11.6 Å². The minimum atomic E-state index is -0.431. The molecule has 0 atom stereocenters. The van der Waals surface area contributed by atoms with Gasteiger partial charge in [-0.3, -0.25) is 9.59 Å². The Kier molecular flexibility index (Phi) is 8.69. The van der Waals surface area contributed by atoms with Gasteiger partial charge >= 0.3 is 0 Å². The van der Waals surface area contributed by atoms with Crippen LogP contribution in [0.5, 0.6) is 11.5 Å². The highest BCUT2D eigenvalue weighted by Crippen LogP contribution is 2.33. The minimum Gasteiger partial charge on any atom is -0.493 e. The number of ether oxygens (including phenoxy) is 2. The molecule has 0 aliphatic carbocycles. The van der Waals surface area contributed by atoms with Crippen LogP contribution in [0.1, 0.15) is 11.1 Å². The van der Waals surface area contributed by atoms with Gasteiger partial charge in [0.15, 0.2) is 18.1 Å². The molecule has 7 nitrogen and oxygen atoms in total. The Morgan fingerprint density at radius 2 is 1.62 bits per heavy atom. The molecule has 0 aliphatic heterocycles. The third-order valence-electron chi connectivity index (χ3n) is 4.44. The molecule has 3 rings (SSSR count). The molecule has 0 saturated heterocycles. The highest BCUT2D eigenvalue weighted by Gasteiger charge is 2.12. The monoisotopic (exact) mass is 531 g/mol. The molecular formula is C24H20BrF2N3O4. The fourth-order valence-corrected chi connectivity index (χ4v) is 3.22. The normalized spacial score (nSPS) is 10.7. The van der Waals surface area contributed by atoms with Crippen LogP contribution in [0.3, 0.4) is 0 Å². The quantitative estimate of drug-likeness (QED) is 0.315. The number of amides is 2. The molecule has 0 aliphatic rings. The summed E-state index contributed by atoms with van der Waals surface area (Å²) < 4.78 is 37.4. The molecule has 0 bridgehead atoms. The standard InChI is InChI=1S/C24H20BrF2N3O4/c1-33-21-11-16(13-28-30-23(31)10-15-2-4-17(26)5-3-15)20(25)12-22(21)34-14-24(32)29-19-8-6-18(27)7-9-19/h2-9,11-13H,10,14H2,1H3,(H,29,32)(H,30,31)/b28-13+. The zero-order chi connectivity index (χ0) is 24.5. The van der Waals surface area contributed by atoms with Crippen molar-refractivity contribution in [2.45, 2.75) is 6.42 Å². The molecule has 0 fully saturated rings. The molecule has 0 heterocycles. The number of hydrazone groups is 1. The van der Waals surface area contributed by atoms with E-state index in [0.29, 0.717) is 32.8 Å². The van der Waals surface area contributed by atoms with Gasteiger partial charge in [-0.05, 0) is 70.0 Å². The molecule has 2 amide bonds. The number of nitrogens with one attached hydrogen (secondary N) is 2. The van der Waals surface area contributed by atoms with Crippen molar-refractivity contribution in [3.63, 3.8) is 0 Å². The lowest BCUT2D eigenvalue weighted by atomic mass is 10.1. The first-order valence-corrected chi connectivity index (χ1v) is 10.8. The number of benzene rings is 3. The molecule has 3 aromatic carbocycles. The molecular weight excluding hydrogens is 512 g/mol. The van der Waals surface area contributed by atoms with E-state index in [9.17, 15) is 18.4 Å². The van der Waals surface area contributed by atoms with Gasteiger partial charge in [0.1, 0.15) is 11.6 Å². The minimum absolute atomic E-state index is 0.0505. The third-order valence-corrected chi connectivity index (χ3v) is 5.13.